The van der Waals surface area contributed by atoms with Gasteiger partial charge in [0.2, 0.25) is 0 Å². The highest BCUT2D eigenvalue weighted by Gasteiger charge is 2.07. The van der Waals surface area contributed by atoms with Gasteiger partial charge in [-0.05, 0) is 19.1 Å². The quantitative estimate of drug-likeness (QED) is 0.695. The first-order chi connectivity index (χ1) is 7.29. The van der Waals surface area contributed by atoms with Crippen molar-refractivity contribution in [3.8, 4) is 11.8 Å². The molecule has 1 amide bonds. The van der Waals surface area contributed by atoms with Gasteiger partial charge in [-0.25, -0.2) is 0 Å². The molecule has 1 rings (SSSR count). The smallest absolute Gasteiger partial charge is 0.252 e. The van der Waals surface area contributed by atoms with Crippen LogP contribution in [0, 0.1) is 11.8 Å². The highest BCUT2D eigenvalue weighted by molar-refractivity contribution is 5.96. The molecule has 3 nitrogen and oxygen atoms in total. The van der Waals surface area contributed by atoms with E-state index in [2.05, 4.69) is 17.2 Å². The third-order valence-corrected chi connectivity index (χ3v) is 1.83. The number of carbonyl (C=O) groups excluding carboxylic acids is 1. The first kappa shape index (κ1) is 11.3. The lowest BCUT2D eigenvalue weighted by Gasteiger charge is -2.03. The summed E-state index contributed by atoms with van der Waals surface area (Å²) in [6.07, 6.45) is 0. The van der Waals surface area contributed by atoms with E-state index in [-0.39, 0.29) is 5.91 Å². The van der Waals surface area contributed by atoms with Crippen molar-refractivity contribution < 1.29 is 4.79 Å². The van der Waals surface area contributed by atoms with Crippen LogP contribution in [0.25, 0.3) is 0 Å². The fourth-order valence-corrected chi connectivity index (χ4v) is 1.19. The highest BCUT2D eigenvalue weighted by atomic mass is 16.1. The van der Waals surface area contributed by atoms with Gasteiger partial charge in [0.05, 0.1) is 12.1 Å². The number of benzene rings is 1. The molecule has 0 radical (unpaired) electrons. The molecule has 1 aromatic carbocycles. The summed E-state index contributed by atoms with van der Waals surface area (Å²) in [5.41, 5.74) is 6.60. The number of amides is 1. The van der Waals surface area contributed by atoms with Crippen molar-refractivity contribution in [1.29, 1.82) is 0 Å². The zero-order chi connectivity index (χ0) is 11.1. The Morgan fingerprint density at radius 1 is 1.47 bits per heavy atom. The average Bonchev–Trinajstić information content (AvgIpc) is 2.27. The fraction of sp³-hybridized carbons (Fsp3) is 0.250. The first-order valence-electron chi connectivity index (χ1n) is 4.85. The number of nitrogens with one attached hydrogen (secondary N) is 1. The third-order valence-electron chi connectivity index (χ3n) is 1.83. The van der Waals surface area contributed by atoms with Gasteiger partial charge in [-0.1, -0.05) is 24.0 Å². The minimum Gasteiger partial charge on any atom is -0.352 e. The summed E-state index contributed by atoms with van der Waals surface area (Å²) in [6.45, 7) is 2.79. The van der Waals surface area contributed by atoms with Gasteiger partial charge in [-0.3, -0.25) is 4.79 Å². The Labute approximate surface area is 89.7 Å². The molecule has 0 fully saturated rings. The number of rotatable bonds is 2. The number of hydrogen-bond donors (Lipinski definition) is 2. The molecule has 78 valence electrons. The molecule has 1 aromatic rings. The monoisotopic (exact) mass is 202 g/mol. The van der Waals surface area contributed by atoms with Crippen molar-refractivity contribution in [3.05, 3.63) is 35.4 Å². The molecule has 0 aromatic heterocycles. The average molecular weight is 202 g/mol. The number of nitrogens with two attached hydrogens (primary N) is 1. The second-order valence-electron chi connectivity index (χ2n) is 2.91. The van der Waals surface area contributed by atoms with Gasteiger partial charge in [0.15, 0.2) is 0 Å². The molecule has 0 atom stereocenters. The van der Waals surface area contributed by atoms with E-state index in [1.165, 1.54) is 0 Å². The summed E-state index contributed by atoms with van der Waals surface area (Å²) < 4.78 is 0. The Kier molecular flexibility index (Phi) is 4.39. The lowest BCUT2D eigenvalue weighted by Crippen LogP contribution is -2.23. The van der Waals surface area contributed by atoms with Crippen molar-refractivity contribution in [2.45, 2.75) is 6.92 Å². The molecule has 3 heteroatoms. The maximum absolute atomic E-state index is 11.6. The van der Waals surface area contributed by atoms with E-state index >= 15 is 0 Å². The van der Waals surface area contributed by atoms with Crippen LogP contribution in [0.4, 0.5) is 0 Å². The van der Waals surface area contributed by atoms with Crippen molar-refractivity contribution in [3.63, 3.8) is 0 Å². The zero-order valence-electron chi connectivity index (χ0n) is 8.71. The minimum atomic E-state index is -0.0978. The Balaban J connectivity index is 3.00. The molecule has 0 bridgehead atoms. The van der Waals surface area contributed by atoms with E-state index in [9.17, 15) is 4.79 Å². The van der Waals surface area contributed by atoms with Gasteiger partial charge < -0.3 is 11.1 Å². The SMILES string of the molecule is CCNC(=O)c1ccccc1C#CCN. The van der Waals surface area contributed by atoms with Crippen LogP contribution in [-0.2, 0) is 0 Å². The second kappa shape index (κ2) is 5.84. The van der Waals surface area contributed by atoms with Crippen LogP contribution in [0.3, 0.4) is 0 Å². The van der Waals surface area contributed by atoms with E-state index in [4.69, 9.17) is 5.73 Å². The maximum Gasteiger partial charge on any atom is 0.252 e. The molecule has 0 aliphatic heterocycles. The molecule has 0 aliphatic carbocycles. The second-order valence-corrected chi connectivity index (χ2v) is 2.91. The molecule has 0 aliphatic rings. The predicted molar refractivity (Wildman–Crippen MR) is 60.4 cm³/mol. The van der Waals surface area contributed by atoms with Crippen LogP contribution in [0.2, 0.25) is 0 Å². The maximum atomic E-state index is 11.6. The largest absolute Gasteiger partial charge is 0.352 e. The molecule has 15 heavy (non-hydrogen) atoms. The Morgan fingerprint density at radius 3 is 2.87 bits per heavy atom. The molecular formula is C12H14N2O. The molecule has 0 heterocycles. The highest BCUT2D eigenvalue weighted by Crippen LogP contribution is 2.06. The van der Waals surface area contributed by atoms with Gasteiger partial charge in [-0.15, -0.1) is 0 Å². The van der Waals surface area contributed by atoms with Crippen LogP contribution < -0.4 is 11.1 Å². The number of hydrogen-bond acceptors (Lipinski definition) is 2. The van der Waals surface area contributed by atoms with Crippen LogP contribution in [0.1, 0.15) is 22.8 Å². The molecule has 0 saturated heterocycles. The summed E-state index contributed by atoms with van der Waals surface area (Å²) in [7, 11) is 0. The Morgan fingerprint density at radius 2 is 2.20 bits per heavy atom. The molecule has 0 spiro atoms. The third kappa shape index (κ3) is 3.12. The van der Waals surface area contributed by atoms with Gasteiger partial charge in [0.25, 0.3) is 5.91 Å². The van der Waals surface area contributed by atoms with Crippen molar-refractivity contribution in [1.82, 2.24) is 5.32 Å². The van der Waals surface area contributed by atoms with E-state index < -0.39 is 0 Å². The molecule has 0 unspecified atom stereocenters. The lowest BCUT2D eigenvalue weighted by atomic mass is 10.1. The standard InChI is InChI=1S/C12H14N2O/c1-2-14-12(15)11-8-4-3-6-10(11)7-5-9-13/h3-4,6,8H,2,9,13H2,1H3,(H,14,15). The van der Waals surface area contributed by atoms with E-state index in [0.717, 1.165) is 0 Å². The van der Waals surface area contributed by atoms with Crippen LogP contribution in [-0.4, -0.2) is 19.0 Å². The van der Waals surface area contributed by atoms with Crippen LogP contribution in [0.5, 0.6) is 0 Å². The lowest BCUT2D eigenvalue weighted by molar-refractivity contribution is 0.0955. The zero-order valence-corrected chi connectivity index (χ0v) is 8.71. The summed E-state index contributed by atoms with van der Waals surface area (Å²) >= 11 is 0. The molecule has 0 saturated carbocycles. The van der Waals surface area contributed by atoms with Crippen molar-refractivity contribution in [2.75, 3.05) is 13.1 Å². The van der Waals surface area contributed by atoms with Gasteiger partial charge in [-0.2, -0.15) is 0 Å². The summed E-state index contributed by atoms with van der Waals surface area (Å²) in [5, 5.41) is 2.74. The Bertz CT molecular complexity index is 402. The molecule has 3 N–H and O–H groups in total. The topological polar surface area (TPSA) is 55.1 Å². The predicted octanol–water partition coefficient (Wildman–Crippen LogP) is 0.747. The fourth-order valence-electron chi connectivity index (χ4n) is 1.19. The first-order valence-corrected chi connectivity index (χ1v) is 4.85. The summed E-state index contributed by atoms with van der Waals surface area (Å²) in [6, 6.07) is 7.24. The van der Waals surface area contributed by atoms with Crippen molar-refractivity contribution >= 4 is 5.91 Å². The minimum absolute atomic E-state index is 0.0978. The summed E-state index contributed by atoms with van der Waals surface area (Å²) in [4.78, 5) is 11.6. The normalized spacial score (nSPS) is 8.93. The summed E-state index contributed by atoms with van der Waals surface area (Å²) in [5.74, 6) is 5.52. The van der Waals surface area contributed by atoms with Crippen LogP contribution >= 0.6 is 0 Å². The van der Waals surface area contributed by atoms with Gasteiger partial charge in [0, 0.05) is 12.1 Å². The van der Waals surface area contributed by atoms with E-state index in [1.807, 2.05) is 25.1 Å². The van der Waals surface area contributed by atoms with Crippen molar-refractivity contribution in [2.24, 2.45) is 5.73 Å². The number of carbonyl (C=O) groups is 1. The van der Waals surface area contributed by atoms with Crippen LogP contribution in [0.15, 0.2) is 24.3 Å². The Hall–Kier alpha value is -1.79. The van der Waals surface area contributed by atoms with Gasteiger partial charge in [0.1, 0.15) is 0 Å². The van der Waals surface area contributed by atoms with E-state index in [1.54, 1.807) is 6.07 Å². The molecular weight excluding hydrogens is 188 g/mol. The van der Waals surface area contributed by atoms with E-state index in [0.29, 0.717) is 24.2 Å². The van der Waals surface area contributed by atoms with Gasteiger partial charge >= 0.3 is 0 Å².